The van der Waals surface area contributed by atoms with Gasteiger partial charge in [0.05, 0.1) is 0 Å². The second kappa shape index (κ2) is 8.02. The number of anilines is 2. The summed E-state index contributed by atoms with van der Waals surface area (Å²) < 4.78 is 5.47. The van der Waals surface area contributed by atoms with E-state index < -0.39 is 5.60 Å². The van der Waals surface area contributed by atoms with Gasteiger partial charge in [0, 0.05) is 45.3 Å². The Labute approximate surface area is 164 Å². The Morgan fingerprint density at radius 1 is 1.11 bits per heavy atom. The van der Waals surface area contributed by atoms with Gasteiger partial charge in [-0.25, -0.2) is 4.79 Å². The zero-order valence-corrected chi connectivity index (χ0v) is 16.9. The predicted octanol–water partition coefficient (Wildman–Crippen LogP) is 1.63. The lowest BCUT2D eigenvalue weighted by molar-refractivity contribution is 0.0139. The van der Waals surface area contributed by atoms with Crippen LogP contribution in [0.3, 0.4) is 0 Å². The van der Waals surface area contributed by atoms with Crippen LogP contribution in [0.4, 0.5) is 16.6 Å². The molecule has 1 aromatic rings. The lowest BCUT2D eigenvalue weighted by Crippen LogP contribution is -2.54. The molecule has 150 valence electrons. The summed E-state index contributed by atoms with van der Waals surface area (Å²) in [5, 5.41) is 8.00. The maximum atomic E-state index is 12.2. The number of nitrogens with zero attached hydrogens (tertiary/aromatic N) is 6. The molecule has 3 rings (SSSR count). The molecule has 0 atom stereocenters. The Kier molecular flexibility index (Phi) is 5.90. The molecule has 2 fully saturated rings. The van der Waals surface area contributed by atoms with Crippen molar-refractivity contribution in [3.05, 3.63) is 5.15 Å². The standard InChI is InChI=1S/C17H28ClN7O2/c1-17(2,3)27-16(26)25-6-4-12(5-7-25)23-8-10-24(11-9-23)15-20-14(19)13(18)21-22-15/h12H,4-11H2,1-3H3,(H2,19,20,22). The second-order valence-corrected chi connectivity index (χ2v) is 8.37. The number of carbonyl (C=O) groups is 1. The fourth-order valence-electron chi connectivity index (χ4n) is 3.48. The third kappa shape index (κ3) is 5.10. The van der Waals surface area contributed by atoms with Crippen LogP contribution in [0.1, 0.15) is 33.6 Å². The summed E-state index contributed by atoms with van der Waals surface area (Å²) in [5.74, 6) is 0.731. The number of likely N-dealkylation sites (tertiary alicyclic amines) is 1. The van der Waals surface area contributed by atoms with Gasteiger partial charge in [-0.2, -0.15) is 4.98 Å². The van der Waals surface area contributed by atoms with E-state index >= 15 is 0 Å². The summed E-state index contributed by atoms with van der Waals surface area (Å²) in [4.78, 5) is 22.8. The van der Waals surface area contributed by atoms with Crippen molar-refractivity contribution in [3.63, 3.8) is 0 Å². The van der Waals surface area contributed by atoms with Crippen LogP contribution in [0.5, 0.6) is 0 Å². The molecule has 0 unspecified atom stereocenters. The third-order valence-electron chi connectivity index (χ3n) is 4.89. The van der Waals surface area contributed by atoms with E-state index in [4.69, 9.17) is 22.1 Å². The van der Waals surface area contributed by atoms with Gasteiger partial charge in [0.2, 0.25) is 5.95 Å². The Morgan fingerprint density at radius 2 is 1.74 bits per heavy atom. The highest BCUT2D eigenvalue weighted by Crippen LogP contribution is 2.22. The van der Waals surface area contributed by atoms with Crippen molar-refractivity contribution in [2.24, 2.45) is 0 Å². The molecule has 3 heterocycles. The molecule has 2 aliphatic heterocycles. The average Bonchev–Trinajstić information content (AvgIpc) is 2.63. The summed E-state index contributed by atoms with van der Waals surface area (Å²) in [6.07, 6.45) is 1.71. The summed E-state index contributed by atoms with van der Waals surface area (Å²) in [7, 11) is 0. The zero-order valence-electron chi connectivity index (χ0n) is 16.2. The molecule has 0 aliphatic carbocycles. The summed E-state index contributed by atoms with van der Waals surface area (Å²) in [6.45, 7) is 10.6. The lowest BCUT2D eigenvalue weighted by atomic mass is 10.0. The molecule has 0 aromatic carbocycles. The highest BCUT2D eigenvalue weighted by Gasteiger charge is 2.31. The Bertz CT molecular complexity index is 666. The van der Waals surface area contributed by atoms with Gasteiger partial charge in [-0.1, -0.05) is 11.6 Å². The molecule has 1 aromatic heterocycles. The number of halogens is 1. The number of rotatable bonds is 2. The lowest BCUT2D eigenvalue weighted by Gasteiger charge is -2.42. The quantitative estimate of drug-likeness (QED) is 0.803. The number of piperazine rings is 1. The van der Waals surface area contributed by atoms with E-state index in [2.05, 4.69) is 25.0 Å². The van der Waals surface area contributed by atoms with Crippen molar-refractivity contribution in [2.45, 2.75) is 45.3 Å². The van der Waals surface area contributed by atoms with Crippen molar-refractivity contribution in [2.75, 3.05) is 49.9 Å². The predicted molar refractivity (Wildman–Crippen MR) is 104 cm³/mol. The number of hydrogen-bond donors (Lipinski definition) is 1. The number of nitrogens with two attached hydrogens (primary N) is 1. The van der Waals surface area contributed by atoms with E-state index in [0.717, 1.165) is 52.1 Å². The van der Waals surface area contributed by atoms with Gasteiger partial charge in [-0.3, -0.25) is 4.90 Å². The van der Waals surface area contributed by atoms with E-state index in [1.807, 2.05) is 25.7 Å². The molecule has 2 N–H and O–H groups in total. The average molecular weight is 398 g/mol. The minimum absolute atomic E-state index is 0.133. The maximum Gasteiger partial charge on any atom is 0.410 e. The number of aromatic nitrogens is 3. The van der Waals surface area contributed by atoms with Crippen LogP contribution in [0, 0.1) is 0 Å². The topological polar surface area (TPSA) is 101 Å². The van der Waals surface area contributed by atoms with Gasteiger partial charge in [-0.05, 0) is 33.6 Å². The van der Waals surface area contributed by atoms with Crippen molar-refractivity contribution in [1.82, 2.24) is 25.0 Å². The van der Waals surface area contributed by atoms with Crippen LogP contribution in [0.2, 0.25) is 5.15 Å². The van der Waals surface area contributed by atoms with Crippen molar-refractivity contribution >= 4 is 29.5 Å². The molecule has 27 heavy (non-hydrogen) atoms. The van der Waals surface area contributed by atoms with Crippen molar-refractivity contribution in [3.8, 4) is 0 Å². The largest absolute Gasteiger partial charge is 0.444 e. The number of amides is 1. The van der Waals surface area contributed by atoms with Crippen LogP contribution < -0.4 is 10.6 Å². The molecule has 0 spiro atoms. The molecule has 0 radical (unpaired) electrons. The van der Waals surface area contributed by atoms with Gasteiger partial charge in [0.25, 0.3) is 0 Å². The van der Waals surface area contributed by atoms with Gasteiger partial charge in [0.1, 0.15) is 5.60 Å². The molecule has 0 saturated carbocycles. The highest BCUT2D eigenvalue weighted by atomic mass is 35.5. The van der Waals surface area contributed by atoms with Crippen LogP contribution in [0.25, 0.3) is 0 Å². The van der Waals surface area contributed by atoms with Crippen LogP contribution in [0.15, 0.2) is 0 Å². The van der Waals surface area contributed by atoms with Gasteiger partial charge in [-0.15, -0.1) is 10.2 Å². The van der Waals surface area contributed by atoms with Crippen molar-refractivity contribution < 1.29 is 9.53 Å². The molecule has 2 aliphatic rings. The van der Waals surface area contributed by atoms with E-state index in [1.165, 1.54) is 0 Å². The molecule has 10 heteroatoms. The Balaban J connectivity index is 1.47. The van der Waals surface area contributed by atoms with Crippen LogP contribution >= 0.6 is 11.6 Å². The molecule has 0 bridgehead atoms. The maximum absolute atomic E-state index is 12.2. The van der Waals surface area contributed by atoms with Crippen LogP contribution in [-0.4, -0.2) is 82.0 Å². The normalized spacial score (nSPS) is 20.0. The highest BCUT2D eigenvalue weighted by molar-refractivity contribution is 6.31. The molecule has 2 saturated heterocycles. The van der Waals surface area contributed by atoms with Crippen molar-refractivity contribution in [1.29, 1.82) is 0 Å². The first-order chi connectivity index (χ1) is 12.7. The number of piperidine rings is 1. The van der Waals surface area contributed by atoms with Gasteiger partial charge < -0.3 is 20.3 Å². The number of nitrogen functional groups attached to an aromatic ring is 1. The minimum Gasteiger partial charge on any atom is -0.444 e. The number of carbonyl (C=O) groups excluding carboxylic acids is 1. The van der Waals surface area contributed by atoms with Gasteiger partial charge >= 0.3 is 6.09 Å². The first-order valence-electron chi connectivity index (χ1n) is 9.35. The SMILES string of the molecule is CC(C)(C)OC(=O)N1CCC(N2CCN(c3nnc(Cl)c(N)n3)CC2)CC1. The smallest absolute Gasteiger partial charge is 0.410 e. The molecule has 1 amide bonds. The molecular weight excluding hydrogens is 370 g/mol. The number of ether oxygens (including phenoxy) is 1. The first-order valence-corrected chi connectivity index (χ1v) is 9.73. The Hall–Kier alpha value is -1.87. The molecule has 9 nitrogen and oxygen atoms in total. The van der Waals surface area contributed by atoms with Gasteiger partial charge in [0.15, 0.2) is 11.0 Å². The summed E-state index contributed by atoms with van der Waals surface area (Å²) >= 11 is 5.79. The van der Waals surface area contributed by atoms with E-state index in [1.54, 1.807) is 0 Å². The monoisotopic (exact) mass is 397 g/mol. The number of hydrogen-bond acceptors (Lipinski definition) is 8. The second-order valence-electron chi connectivity index (χ2n) is 8.01. The first kappa shape index (κ1) is 19.9. The minimum atomic E-state index is -0.452. The third-order valence-corrected chi connectivity index (χ3v) is 5.16. The Morgan fingerprint density at radius 3 is 2.30 bits per heavy atom. The summed E-state index contributed by atoms with van der Waals surface area (Å²) in [5.41, 5.74) is 5.27. The summed E-state index contributed by atoms with van der Waals surface area (Å²) in [6, 6.07) is 0.486. The molecular formula is C17H28ClN7O2. The van der Waals surface area contributed by atoms with E-state index in [-0.39, 0.29) is 17.1 Å². The zero-order chi connectivity index (χ0) is 19.6. The fourth-order valence-corrected chi connectivity index (χ4v) is 3.56. The van der Waals surface area contributed by atoms with E-state index in [9.17, 15) is 4.79 Å². The van der Waals surface area contributed by atoms with E-state index in [0.29, 0.717) is 12.0 Å². The fraction of sp³-hybridized carbons (Fsp3) is 0.765. The van der Waals surface area contributed by atoms with Crippen LogP contribution in [-0.2, 0) is 4.74 Å².